The fraction of sp³-hybridized carbons (Fsp3) is 0.733. The number of carbonyl (C=O) groups excluding carboxylic acids is 1. The van der Waals surface area contributed by atoms with E-state index in [9.17, 15) is 4.79 Å². The maximum atomic E-state index is 12.4. The van der Waals surface area contributed by atoms with Gasteiger partial charge in [0.2, 0.25) is 5.91 Å². The Morgan fingerprint density at radius 2 is 2.33 bits per heavy atom. The largest absolute Gasteiger partial charge is 0.378 e. The van der Waals surface area contributed by atoms with E-state index in [1.165, 1.54) is 0 Å². The lowest BCUT2D eigenvalue weighted by molar-refractivity contribution is -0.170. The van der Waals surface area contributed by atoms with E-state index in [1.807, 2.05) is 37.7 Å². The molecule has 21 heavy (non-hydrogen) atoms. The van der Waals surface area contributed by atoms with Crippen LogP contribution in [0.1, 0.15) is 33.6 Å². The van der Waals surface area contributed by atoms with Crippen molar-refractivity contribution in [1.82, 2.24) is 15.1 Å². The van der Waals surface area contributed by atoms with Crippen LogP contribution in [0.3, 0.4) is 0 Å². The van der Waals surface area contributed by atoms with Gasteiger partial charge in [-0.15, -0.1) is 0 Å². The predicted octanol–water partition coefficient (Wildman–Crippen LogP) is 0.922. The van der Waals surface area contributed by atoms with Crippen LogP contribution >= 0.6 is 0 Å². The first-order chi connectivity index (χ1) is 9.91. The monoisotopic (exact) mass is 294 g/mol. The molecular weight excluding hydrogens is 268 g/mol. The summed E-state index contributed by atoms with van der Waals surface area (Å²) in [6, 6.07) is 1.89. The van der Waals surface area contributed by atoms with Crippen LogP contribution < -0.4 is 11.1 Å². The van der Waals surface area contributed by atoms with Crippen LogP contribution in [0.2, 0.25) is 0 Å². The van der Waals surface area contributed by atoms with E-state index in [1.54, 1.807) is 6.20 Å². The quantitative estimate of drug-likeness (QED) is 0.733. The number of rotatable bonds is 7. The highest BCUT2D eigenvalue weighted by Crippen LogP contribution is 2.49. The Morgan fingerprint density at radius 3 is 2.90 bits per heavy atom. The topological polar surface area (TPSA) is 82.2 Å². The molecule has 2 rings (SSSR count). The van der Waals surface area contributed by atoms with Gasteiger partial charge in [-0.05, 0) is 19.4 Å². The Balaban J connectivity index is 1.78. The van der Waals surface area contributed by atoms with E-state index in [-0.39, 0.29) is 17.4 Å². The molecule has 6 heteroatoms. The van der Waals surface area contributed by atoms with Gasteiger partial charge in [0.05, 0.1) is 6.10 Å². The Labute approximate surface area is 126 Å². The van der Waals surface area contributed by atoms with Crippen molar-refractivity contribution >= 4 is 5.91 Å². The zero-order chi connectivity index (χ0) is 15.5. The van der Waals surface area contributed by atoms with Crippen LogP contribution in [0.15, 0.2) is 18.5 Å². The summed E-state index contributed by atoms with van der Waals surface area (Å²) in [7, 11) is 0. The van der Waals surface area contributed by atoms with Crippen LogP contribution in [-0.2, 0) is 16.1 Å². The van der Waals surface area contributed by atoms with Crippen molar-refractivity contribution in [1.29, 1.82) is 0 Å². The fourth-order valence-corrected chi connectivity index (χ4v) is 2.85. The van der Waals surface area contributed by atoms with Gasteiger partial charge in [-0.3, -0.25) is 9.48 Å². The molecule has 3 N–H and O–H groups in total. The van der Waals surface area contributed by atoms with Crippen molar-refractivity contribution in [2.75, 3.05) is 13.2 Å². The second kappa shape index (κ2) is 6.15. The van der Waals surface area contributed by atoms with Gasteiger partial charge in [-0.2, -0.15) is 5.10 Å². The van der Waals surface area contributed by atoms with Crippen molar-refractivity contribution in [3.63, 3.8) is 0 Å². The predicted molar refractivity (Wildman–Crippen MR) is 80.6 cm³/mol. The summed E-state index contributed by atoms with van der Waals surface area (Å²) in [6.45, 7) is 8.00. The molecule has 1 fully saturated rings. The van der Waals surface area contributed by atoms with Crippen molar-refractivity contribution in [2.45, 2.75) is 51.8 Å². The van der Waals surface area contributed by atoms with Crippen LogP contribution in [-0.4, -0.2) is 40.5 Å². The smallest absolute Gasteiger partial charge is 0.240 e. The van der Waals surface area contributed by atoms with E-state index in [0.717, 1.165) is 13.0 Å². The number of aromatic nitrogens is 2. The fourth-order valence-electron chi connectivity index (χ4n) is 2.85. The molecule has 0 radical (unpaired) electrons. The van der Waals surface area contributed by atoms with Crippen molar-refractivity contribution in [2.24, 2.45) is 11.1 Å². The van der Waals surface area contributed by atoms with Gasteiger partial charge in [0.15, 0.2) is 0 Å². The van der Waals surface area contributed by atoms with Crippen LogP contribution in [0.25, 0.3) is 0 Å². The van der Waals surface area contributed by atoms with Crippen LogP contribution in [0.4, 0.5) is 0 Å². The summed E-state index contributed by atoms with van der Waals surface area (Å²) in [5.74, 6) is -0.0797. The number of carbonyl (C=O) groups is 1. The van der Waals surface area contributed by atoms with E-state index in [0.29, 0.717) is 19.6 Å². The third kappa shape index (κ3) is 2.96. The zero-order valence-electron chi connectivity index (χ0n) is 13.1. The second-order valence-electron chi connectivity index (χ2n) is 6.22. The van der Waals surface area contributed by atoms with Crippen LogP contribution in [0, 0.1) is 5.41 Å². The van der Waals surface area contributed by atoms with E-state index in [4.69, 9.17) is 10.5 Å². The molecule has 0 saturated heterocycles. The minimum Gasteiger partial charge on any atom is -0.378 e. The number of hydrogen-bond acceptors (Lipinski definition) is 4. The normalized spacial score (nSPS) is 27.1. The number of ether oxygens (including phenoxy) is 1. The summed E-state index contributed by atoms with van der Waals surface area (Å²) in [5.41, 5.74) is 5.14. The number of aryl methyl sites for hydroxylation is 1. The molecule has 1 aliphatic rings. The third-order valence-electron chi connectivity index (χ3n) is 4.64. The summed E-state index contributed by atoms with van der Waals surface area (Å²) >= 11 is 0. The number of nitrogens with two attached hydrogens (primary N) is 1. The summed E-state index contributed by atoms with van der Waals surface area (Å²) in [4.78, 5) is 12.4. The third-order valence-corrected chi connectivity index (χ3v) is 4.64. The van der Waals surface area contributed by atoms with Gasteiger partial charge in [0, 0.05) is 43.9 Å². The summed E-state index contributed by atoms with van der Waals surface area (Å²) < 4.78 is 7.49. The maximum absolute atomic E-state index is 12.4. The van der Waals surface area contributed by atoms with E-state index < -0.39 is 5.54 Å². The van der Waals surface area contributed by atoms with Gasteiger partial charge in [-0.25, -0.2) is 0 Å². The molecule has 0 spiro atoms. The molecule has 1 heterocycles. The van der Waals surface area contributed by atoms with Gasteiger partial charge < -0.3 is 15.8 Å². The van der Waals surface area contributed by atoms with Gasteiger partial charge in [0.25, 0.3) is 0 Å². The molecule has 6 nitrogen and oxygen atoms in total. The SMILES string of the molecule is CCOC1CC(N)(C(=O)NCCCn2cccn2)C1(C)C. The Kier molecular flexibility index (Phi) is 4.68. The lowest BCUT2D eigenvalue weighted by Crippen LogP contribution is -2.75. The lowest BCUT2D eigenvalue weighted by atomic mass is 9.54. The highest BCUT2D eigenvalue weighted by Gasteiger charge is 2.62. The molecule has 1 aliphatic carbocycles. The van der Waals surface area contributed by atoms with Gasteiger partial charge >= 0.3 is 0 Å². The Morgan fingerprint density at radius 1 is 1.57 bits per heavy atom. The molecule has 0 bridgehead atoms. The van der Waals surface area contributed by atoms with Crippen LogP contribution in [0.5, 0.6) is 0 Å². The standard InChI is InChI=1S/C15H26N4O2/c1-4-21-12-11-15(16,14(12,2)3)13(20)17-7-5-9-19-10-6-8-18-19/h6,8,10,12H,4-5,7,9,11,16H2,1-3H3,(H,17,20). The van der Waals surface area contributed by atoms with Gasteiger partial charge in [-0.1, -0.05) is 13.8 Å². The zero-order valence-corrected chi connectivity index (χ0v) is 13.1. The van der Waals surface area contributed by atoms with E-state index in [2.05, 4.69) is 10.4 Å². The number of hydrogen-bond donors (Lipinski definition) is 2. The molecular formula is C15H26N4O2. The molecule has 0 aromatic carbocycles. The molecule has 1 aromatic rings. The summed E-state index contributed by atoms with van der Waals surface area (Å²) in [5, 5.41) is 7.07. The number of amides is 1. The molecule has 0 aliphatic heterocycles. The van der Waals surface area contributed by atoms with Crippen molar-refractivity contribution in [3.8, 4) is 0 Å². The highest BCUT2D eigenvalue weighted by molar-refractivity contribution is 5.88. The summed E-state index contributed by atoms with van der Waals surface area (Å²) in [6.07, 6.45) is 5.13. The van der Waals surface area contributed by atoms with Gasteiger partial charge in [0.1, 0.15) is 5.54 Å². The average molecular weight is 294 g/mol. The maximum Gasteiger partial charge on any atom is 0.240 e. The first kappa shape index (κ1) is 16.0. The average Bonchev–Trinajstić information content (AvgIpc) is 2.96. The first-order valence-corrected chi connectivity index (χ1v) is 7.58. The second-order valence-corrected chi connectivity index (χ2v) is 6.22. The molecule has 1 saturated carbocycles. The molecule has 1 amide bonds. The minimum atomic E-state index is -0.835. The number of nitrogens with one attached hydrogen (secondary N) is 1. The first-order valence-electron chi connectivity index (χ1n) is 7.58. The van der Waals surface area contributed by atoms with Crippen molar-refractivity contribution < 1.29 is 9.53 Å². The Bertz CT molecular complexity index is 472. The highest BCUT2D eigenvalue weighted by atomic mass is 16.5. The molecule has 2 unspecified atom stereocenters. The molecule has 2 atom stereocenters. The number of nitrogens with zero attached hydrogens (tertiary/aromatic N) is 2. The van der Waals surface area contributed by atoms with E-state index >= 15 is 0 Å². The lowest BCUT2D eigenvalue weighted by Gasteiger charge is -2.57. The molecule has 1 aromatic heterocycles. The minimum absolute atomic E-state index is 0.0577. The van der Waals surface area contributed by atoms with Crippen molar-refractivity contribution in [3.05, 3.63) is 18.5 Å². The Hall–Kier alpha value is -1.40. The molecule has 118 valence electrons.